The smallest absolute Gasteiger partial charge is 0.140 e. The molecule has 1 N–H and O–H groups in total. The molecule has 0 unspecified atom stereocenters. The molecule has 62 valence electrons. The Bertz CT molecular complexity index is 397. The van der Waals surface area contributed by atoms with Crippen molar-refractivity contribution in [1.82, 2.24) is 9.38 Å². The Morgan fingerprint density at radius 1 is 1.50 bits per heavy atom. The summed E-state index contributed by atoms with van der Waals surface area (Å²) in [6, 6.07) is 1.62. The lowest BCUT2D eigenvalue weighted by Crippen LogP contribution is -1.82. The number of halogens is 1. The van der Waals surface area contributed by atoms with Gasteiger partial charge in [-0.2, -0.15) is 0 Å². The molecule has 0 spiro atoms. The number of rotatable bonds is 0. The van der Waals surface area contributed by atoms with Gasteiger partial charge in [0.25, 0.3) is 0 Å². The second-order valence-electron chi connectivity index (χ2n) is 2.65. The number of hydrogen-bond donors (Lipinski definition) is 1. The zero-order valence-electron chi connectivity index (χ0n) is 6.45. The fourth-order valence-electron chi connectivity index (χ4n) is 1.12. The predicted octanol–water partition coefficient (Wildman–Crippen LogP) is 2.11. The summed E-state index contributed by atoms with van der Waals surface area (Å²) >= 11 is 3.23. The molecule has 0 saturated carbocycles. The van der Waals surface area contributed by atoms with Gasteiger partial charge in [0.1, 0.15) is 11.4 Å². The Balaban J connectivity index is 2.83. The molecule has 0 bridgehead atoms. The monoisotopic (exact) mass is 226 g/mol. The molecule has 2 rings (SSSR count). The van der Waals surface area contributed by atoms with Crippen LogP contribution in [0.1, 0.15) is 5.69 Å². The Kier molecular flexibility index (Phi) is 1.58. The Morgan fingerprint density at radius 2 is 2.25 bits per heavy atom. The average molecular weight is 227 g/mol. The molecule has 4 heteroatoms. The summed E-state index contributed by atoms with van der Waals surface area (Å²) in [5.41, 5.74) is 1.70. The first-order valence-corrected chi connectivity index (χ1v) is 4.30. The van der Waals surface area contributed by atoms with E-state index >= 15 is 0 Å². The molecule has 0 aliphatic carbocycles. The molecular formula is C8H7BrN2O. The molecule has 0 amide bonds. The Labute approximate surface area is 77.8 Å². The second kappa shape index (κ2) is 2.48. The van der Waals surface area contributed by atoms with E-state index in [4.69, 9.17) is 0 Å². The molecular weight excluding hydrogens is 220 g/mol. The Morgan fingerprint density at radius 3 is 3.00 bits per heavy atom. The Hall–Kier alpha value is -1.03. The van der Waals surface area contributed by atoms with Crippen molar-refractivity contribution in [1.29, 1.82) is 0 Å². The quantitative estimate of drug-likeness (QED) is 0.748. The minimum Gasteiger partial charge on any atom is -0.507 e. The summed E-state index contributed by atoms with van der Waals surface area (Å²) in [5.74, 6) is 0.216. The lowest BCUT2D eigenvalue weighted by atomic mass is 10.4. The van der Waals surface area contributed by atoms with Crippen LogP contribution in [0.15, 0.2) is 22.9 Å². The summed E-state index contributed by atoms with van der Waals surface area (Å²) in [6.45, 7) is 1.91. The second-order valence-corrected chi connectivity index (χ2v) is 3.51. The van der Waals surface area contributed by atoms with Crippen molar-refractivity contribution >= 4 is 21.6 Å². The summed E-state index contributed by atoms with van der Waals surface area (Å²) in [7, 11) is 0. The van der Waals surface area contributed by atoms with Gasteiger partial charge in [0, 0.05) is 18.5 Å². The third-order valence-corrected chi connectivity index (χ3v) is 2.26. The van der Waals surface area contributed by atoms with Gasteiger partial charge in [0.15, 0.2) is 0 Å². The van der Waals surface area contributed by atoms with Gasteiger partial charge in [-0.3, -0.25) is 0 Å². The van der Waals surface area contributed by atoms with Gasteiger partial charge in [-0.05, 0) is 22.9 Å². The highest BCUT2D eigenvalue weighted by atomic mass is 79.9. The van der Waals surface area contributed by atoms with Gasteiger partial charge in [-0.25, -0.2) is 4.98 Å². The molecule has 0 aliphatic heterocycles. The van der Waals surface area contributed by atoms with Crippen LogP contribution >= 0.6 is 15.9 Å². The molecule has 0 saturated heterocycles. The summed E-state index contributed by atoms with van der Waals surface area (Å²) in [5, 5.41) is 9.33. The topological polar surface area (TPSA) is 37.5 Å². The van der Waals surface area contributed by atoms with Crippen LogP contribution in [0.2, 0.25) is 0 Å². The third kappa shape index (κ3) is 1.08. The van der Waals surface area contributed by atoms with Crippen LogP contribution in [-0.2, 0) is 0 Å². The first-order valence-electron chi connectivity index (χ1n) is 3.50. The van der Waals surface area contributed by atoms with E-state index in [-0.39, 0.29) is 5.75 Å². The van der Waals surface area contributed by atoms with Crippen molar-refractivity contribution in [2.45, 2.75) is 6.92 Å². The van der Waals surface area contributed by atoms with Crippen molar-refractivity contribution in [3.8, 4) is 5.75 Å². The van der Waals surface area contributed by atoms with Gasteiger partial charge in [-0.15, -0.1) is 0 Å². The van der Waals surface area contributed by atoms with E-state index in [0.29, 0.717) is 4.47 Å². The van der Waals surface area contributed by atoms with Gasteiger partial charge in [0.05, 0.1) is 10.2 Å². The number of hydrogen-bond acceptors (Lipinski definition) is 2. The van der Waals surface area contributed by atoms with Gasteiger partial charge in [-0.1, -0.05) is 0 Å². The number of aromatic nitrogens is 2. The number of nitrogens with zero attached hydrogens (tertiary/aromatic N) is 2. The maximum Gasteiger partial charge on any atom is 0.140 e. The van der Waals surface area contributed by atoms with Crippen LogP contribution in [0.3, 0.4) is 0 Å². The van der Waals surface area contributed by atoms with Crippen LogP contribution < -0.4 is 0 Å². The zero-order valence-corrected chi connectivity index (χ0v) is 8.04. The van der Waals surface area contributed by atoms with Gasteiger partial charge in [0.2, 0.25) is 0 Å². The highest BCUT2D eigenvalue weighted by Gasteiger charge is 2.02. The first kappa shape index (κ1) is 7.61. The van der Waals surface area contributed by atoms with E-state index in [0.717, 1.165) is 11.3 Å². The number of pyridine rings is 1. The van der Waals surface area contributed by atoms with E-state index in [1.54, 1.807) is 12.3 Å². The minimum atomic E-state index is 0.216. The molecule has 3 nitrogen and oxygen atoms in total. The minimum absolute atomic E-state index is 0.216. The van der Waals surface area contributed by atoms with Gasteiger partial charge < -0.3 is 9.51 Å². The molecule has 12 heavy (non-hydrogen) atoms. The molecule has 0 radical (unpaired) electrons. The standard InChI is InChI=1S/C8H7BrN2O/c1-5-3-11-4-6(9)7(12)2-8(11)10-5/h2-4,12H,1H3. The van der Waals surface area contributed by atoms with Crippen LogP contribution in [0, 0.1) is 6.92 Å². The van der Waals surface area contributed by atoms with E-state index in [2.05, 4.69) is 20.9 Å². The maximum absolute atomic E-state index is 9.33. The van der Waals surface area contributed by atoms with Crippen LogP contribution in [-0.4, -0.2) is 14.5 Å². The van der Waals surface area contributed by atoms with E-state index in [1.807, 2.05) is 17.5 Å². The van der Waals surface area contributed by atoms with Crippen molar-refractivity contribution < 1.29 is 5.11 Å². The zero-order chi connectivity index (χ0) is 8.72. The molecule has 2 aromatic rings. The van der Waals surface area contributed by atoms with Crippen LogP contribution in [0.25, 0.3) is 5.65 Å². The van der Waals surface area contributed by atoms with E-state index < -0.39 is 0 Å². The van der Waals surface area contributed by atoms with Crippen molar-refractivity contribution in [3.05, 3.63) is 28.6 Å². The molecule has 0 atom stereocenters. The summed E-state index contributed by atoms with van der Waals surface area (Å²) in [4.78, 5) is 4.20. The molecule has 0 fully saturated rings. The molecule has 2 heterocycles. The number of imidazole rings is 1. The molecule has 2 aromatic heterocycles. The van der Waals surface area contributed by atoms with Crippen molar-refractivity contribution in [3.63, 3.8) is 0 Å². The van der Waals surface area contributed by atoms with E-state index in [9.17, 15) is 5.11 Å². The summed E-state index contributed by atoms with van der Waals surface area (Å²) < 4.78 is 2.53. The highest BCUT2D eigenvalue weighted by Crippen LogP contribution is 2.24. The third-order valence-electron chi connectivity index (χ3n) is 1.64. The van der Waals surface area contributed by atoms with Crippen molar-refractivity contribution in [2.75, 3.05) is 0 Å². The fraction of sp³-hybridized carbons (Fsp3) is 0.125. The lowest BCUT2D eigenvalue weighted by Gasteiger charge is -1.96. The van der Waals surface area contributed by atoms with Gasteiger partial charge >= 0.3 is 0 Å². The summed E-state index contributed by atoms with van der Waals surface area (Å²) in [6.07, 6.45) is 3.68. The predicted molar refractivity (Wildman–Crippen MR) is 49.3 cm³/mol. The highest BCUT2D eigenvalue weighted by molar-refractivity contribution is 9.10. The van der Waals surface area contributed by atoms with Crippen LogP contribution in [0.5, 0.6) is 5.75 Å². The fourth-order valence-corrected chi connectivity index (χ4v) is 1.46. The molecule has 0 aromatic carbocycles. The molecule has 0 aliphatic rings. The lowest BCUT2D eigenvalue weighted by molar-refractivity contribution is 0.471. The normalized spacial score (nSPS) is 10.8. The first-order chi connectivity index (χ1) is 5.66. The number of fused-ring (bicyclic) bond motifs is 1. The average Bonchev–Trinajstić information content (AvgIpc) is 2.30. The SMILES string of the molecule is Cc1cn2cc(Br)c(O)cc2n1. The van der Waals surface area contributed by atoms with Crippen LogP contribution in [0.4, 0.5) is 0 Å². The number of aromatic hydroxyl groups is 1. The maximum atomic E-state index is 9.33. The van der Waals surface area contributed by atoms with Crippen molar-refractivity contribution in [2.24, 2.45) is 0 Å². The largest absolute Gasteiger partial charge is 0.507 e. The number of aryl methyl sites for hydroxylation is 1. The van der Waals surface area contributed by atoms with E-state index in [1.165, 1.54) is 0 Å².